The van der Waals surface area contributed by atoms with Crippen molar-refractivity contribution in [2.24, 2.45) is 0 Å². The molecule has 5 heteroatoms. The minimum atomic E-state index is -0.156. The van der Waals surface area contributed by atoms with Crippen molar-refractivity contribution in [1.29, 1.82) is 0 Å². The fourth-order valence-corrected chi connectivity index (χ4v) is 1.76. The third kappa shape index (κ3) is 3.85. The Balaban J connectivity index is 1.56. The molecule has 1 aromatic heterocycles. The summed E-state index contributed by atoms with van der Waals surface area (Å²) < 4.78 is 0. The summed E-state index contributed by atoms with van der Waals surface area (Å²) >= 11 is 0. The van der Waals surface area contributed by atoms with Gasteiger partial charge in [0, 0.05) is 32.0 Å². The van der Waals surface area contributed by atoms with Crippen LogP contribution in [0.4, 0.5) is 5.69 Å². The monoisotopic (exact) mass is 246 g/mol. The Morgan fingerprint density at radius 1 is 1.50 bits per heavy atom. The van der Waals surface area contributed by atoms with Crippen LogP contribution in [0.25, 0.3) is 0 Å². The Labute approximate surface area is 107 Å². The molecule has 1 atom stereocenters. The van der Waals surface area contributed by atoms with Crippen LogP contribution in [0.3, 0.4) is 0 Å². The van der Waals surface area contributed by atoms with E-state index >= 15 is 0 Å². The molecule has 96 valence electrons. The normalized spacial score (nSPS) is 17.7. The fourth-order valence-electron chi connectivity index (χ4n) is 1.76. The van der Waals surface area contributed by atoms with Gasteiger partial charge in [-0.2, -0.15) is 0 Å². The third-order valence-corrected chi connectivity index (χ3v) is 2.71. The minimum Gasteiger partial charge on any atom is -0.384 e. The Hall–Kier alpha value is -1.88. The number of rotatable bonds is 6. The number of nitrogens with zero attached hydrogens (tertiary/aromatic N) is 1. The fraction of sp³-hybridized carbons (Fsp3) is 0.385. The van der Waals surface area contributed by atoms with Crippen molar-refractivity contribution < 1.29 is 4.79 Å². The molecule has 1 amide bonds. The van der Waals surface area contributed by atoms with Gasteiger partial charge in [-0.15, -0.1) is 0 Å². The second kappa shape index (κ2) is 6.76. The summed E-state index contributed by atoms with van der Waals surface area (Å²) in [5, 5.41) is 9.22. The number of carbonyl (C=O) groups is 1. The zero-order valence-electron chi connectivity index (χ0n) is 10.2. The summed E-state index contributed by atoms with van der Waals surface area (Å²) in [4.78, 5) is 15.6. The minimum absolute atomic E-state index is 0.0464. The molecule has 1 aliphatic heterocycles. The lowest BCUT2D eigenvalue weighted by Gasteiger charge is -2.10. The van der Waals surface area contributed by atoms with Gasteiger partial charge in [-0.25, -0.2) is 0 Å². The van der Waals surface area contributed by atoms with Crippen LogP contribution in [0.5, 0.6) is 0 Å². The predicted octanol–water partition coefficient (Wildman–Crippen LogP) is 0.528. The highest BCUT2D eigenvalue weighted by atomic mass is 16.2. The highest BCUT2D eigenvalue weighted by Gasteiger charge is 2.16. The topological polar surface area (TPSA) is 66.0 Å². The zero-order chi connectivity index (χ0) is 12.6. The smallest absolute Gasteiger partial charge is 0.241 e. The van der Waals surface area contributed by atoms with Crippen molar-refractivity contribution in [3.63, 3.8) is 0 Å². The summed E-state index contributed by atoms with van der Waals surface area (Å²) in [5.74, 6) is 0.0464. The Morgan fingerprint density at radius 2 is 2.44 bits per heavy atom. The molecule has 0 unspecified atom stereocenters. The number of nitrogens with one attached hydrogen (secondary N) is 3. The molecular formula is C13H18N4O. The Bertz CT molecular complexity index is 405. The molecule has 1 aromatic rings. The molecule has 0 saturated carbocycles. The molecule has 1 aliphatic rings. The van der Waals surface area contributed by atoms with E-state index in [1.165, 1.54) is 0 Å². The standard InChI is InChI=1S/C13H18N4O/c18-13(12-5-2-7-16-12)17-9-3-8-15-11-4-1-6-14-10-11/h1-2,4-6,10,12,15-16H,3,7-9H2,(H,17,18)/t12-/m1/s1. The predicted molar refractivity (Wildman–Crippen MR) is 71.3 cm³/mol. The summed E-state index contributed by atoms with van der Waals surface area (Å²) in [6, 6.07) is 3.71. The van der Waals surface area contributed by atoms with Gasteiger partial charge in [0.2, 0.25) is 5.91 Å². The lowest BCUT2D eigenvalue weighted by atomic mass is 10.3. The van der Waals surface area contributed by atoms with Crippen molar-refractivity contribution in [2.75, 3.05) is 25.0 Å². The van der Waals surface area contributed by atoms with Crippen LogP contribution >= 0.6 is 0 Å². The number of amides is 1. The second-order valence-corrected chi connectivity index (χ2v) is 4.13. The van der Waals surface area contributed by atoms with Gasteiger partial charge < -0.3 is 10.6 Å². The first-order valence-corrected chi connectivity index (χ1v) is 6.18. The van der Waals surface area contributed by atoms with Gasteiger partial charge in [0.25, 0.3) is 0 Å². The third-order valence-electron chi connectivity index (χ3n) is 2.71. The van der Waals surface area contributed by atoms with E-state index in [9.17, 15) is 4.79 Å². The summed E-state index contributed by atoms with van der Waals surface area (Å²) in [5.41, 5.74) is 1.00. The number of aromatic nitrogens is 1. The van der Waals surface area contributed by atoms with E-state index in [0.717, 1.165) is 25.2 Å². The molecule has 0 radical (unpaired) electrons. The second-order valence-electron chi connectivity index (χ2n) is 4.13. The summed E-state index contributed by atoms with van der Waals surface area (Å²) in [6.07, 6.45) is 8.27. The van der Waals surface area contributed by atoms with Crippen molar-refractivity contribution in [3.8, 4) is 0 Å². The molecule has 18 heavy (non-hydrogen) atoms. The molecule has 0 fully saturated rings. The maximum Gasteiger partial charge on any atom is 0.241 e. The van der Waals surface area contributed by atoms with Gasteiger partial charge >= 0.3 is 0 Å². The molecule has 0 spiro atoms. The molecule has 0 aromatic carbocycles. The highest BCUT2D eigenvalue weighted by Crippen LogP contribution is 2.01. The molecule has 5 nitrogen and oxygen atoms in total. The molecule has 3 N–H and O–H groups in total. The van der Waals surface area contributed by atoms with Crippen molar-refractivity contribution in [1.82, 2.24) is 15.6 Å². The van der Waals surface area contributed by atoms with Gasteiger partial charge in [-0.1, -0.05) is 12.2 Å². The first-order chi connectivity index (χ1) is 8.86. The summed E-state index contributed by atoms with van der Waals surface area (Å²) in [6.45, 7) is 2.28. The van der Waals surface area contributed by atoms with E-state index in [4.69, 9.17) is 0 Å². The first kappa shape index (κ1) is 12.6. The van der Waals surface area contributed by atoms with Crippen LogP contribution in [0, 0.1) is 0 Å². The number of anilines is 1. The average molecular weight is 246 g/mol. The van der Waals surface area contributed by atoms with Crippen LogP contribution in [-0.4, -0.2) is 36.6 Å². The van der Waals surface area contributed by atoms with Crippen LogP contribution < -0.4 is 16.0 Å². The van der Waals surface area contributed by atoms with E-state index in [2.05, 4.69) is 20.9 Å². The number of pyridine rings is 1. The lowest BCUT2D eigenvalue weighted by Crippen LogP contribution is -2.41. The van der Waals surface area contributed by atoms with Crippen molar-refractivity contribution in [3.05, 3.63) is 36.7 Å². The quantitative estimate of drug-likeness (QED) is 0.506. The molecule has 2 heterocycles. The number of carbonyl (C=O) groups excluding carboxylic acids is 1. The van der Waals surface area contributed by atoms with E-state index < -0.39 is 0 Å². The van der Waals surface area contributed by atoms with Crippen LogP contribution in [0.1, 0.15) is 6.42 Å². The van der Waals surface area contributed by atoms with Crippen LogP contribution in [-0.2, 0) is 4.79 Å². The molecule has 0 aliphatic carbocycles. The van der Waals surface area contributed by atoms with E-state index in [-0.39, 0.29) is 11.9 Å². The Morgan fingerprint density at radius 3 is 3.17 bits per heavy atom. The Kier molecular flexibility index (Phi) is 4.72. The maximum absolute atomic E-state index is 11.6. The van der Waals surface area contributed by atoms with Gasteiger partial charge in [-0.05, 0) is 18.6 Å². The van der Waals surface area contributed by atoms with Gasteiger partial charge in [0.1, 0.15) is 6.04 Å². The van der Waals surface area contributed by atoms with Gasteiger partial charge in [-0.3, -0.25) is 15.1 Å². The average Bonchev–Trinajstić information content (AvgIpc) is 2.93. The maximum atomic E-state index is 11.6. The van der Waals surface area contributed by atoms with E-state index in [1.54, 1.807) is 12.4 Å². The van der Waals surface area contributed by atoms with Gasteiger partial charge in [0.15, 0.2) is 0 Å². The highest BCUT2D eigenvalue weighted by molar-refractivity contribution is 5.84. The first-order valence-electron chi connectivity index (χ1n) is 6.18. The number of hydrogen-bond acceptors (Lipinski definition) is 4. The zero-order valence-corrected chi connectivity index (χ0v) is 10.2. The van der Waals surface area contributed by atoms with Crippen molar-refractivity contribution >= 4 is 11.6 Å². The number of hydrogen-bond donors (Lipinski definition) is 3. The van der Waals surface area contributed by atoms with Crippen molar-refractivity contribution in [2.45, 2.75) is 12.5 Å². The lowest BCUT2D eigenvalue weighted by molar-refractivity contribution is -0.121. The van der Waals surface area contributed by atoms with Crippen LogP contribution in [0.2, 0.25) is 0 Å². The molecule has 0 bridgehead atoms. The van der Waals surface area contributed by atoms with Gasteiger partial charge in [0.05, 0.1) is 5.69 Å². The molecule has 2 rings (SSSR count). The molecular weight excluding hydrogens is 228 g/mol. The van der Waals surface area contributed by atoms with E-state index in [0.29, 0.717) is 6.54 Å². The molecule has 0 saturated heterocycles. The SMILES string of the molecule is O=C(NCCCNc1cccnc1)[C@H]1C=CCN1. The summed E-state index contributed by atoms with van der Waals surface area (Å²) in [7, 11) is 0. The largest absolute Gasteiger partial charge is 0.384 e. The van der Waals surface area contributed by atoms with E-state index in [1.807, 2.05) is 24.3 Å². The van der Waals surface area contributed by atoms with Crippen LogP contribution in [0.15, 0.2) is 36.7 Å².